The van der Waals surface area contributed by atoms with E-state index < -0.39 is 0 Å². The third kappa shape index (κ3) is 0.980. The highest BCUT2D eigenvalue weighted by Gasteiger charge is 2.18. The standard InChI is InChI=1S/C5H8O3/c1-4-5(6)8-3-2-7-4/h4H,2-3H2,1H3/t4-/m0/s1. The number of hydrogen-bond donors (Lipinski definition) is 0. The van der Waals surface area contributed by atoms with E-state index in [2.05, 4.69) is 4.74 Å². The molecule has 3 nitrogen and oxygen atoms in total. The first-order valence-corrected chi connectivity index (χ1v) is 2.59. The lowest BCUT2D eigenvalue weighted by Gasteiger charge is -2.17. The van der Waals surface area contributed by atoms with Gasteiger partial charge in [0.15, 0.2) is 6.10 Å². The minimum atomic E-state index is -0.358. The number of esters is 1. The van der Waals surface area contributed by atoms with Crippen LogP contribution in [0.25, 0.3) is 0 Å². The molecule has 0 aromatic heterocycles. The first-order chi connectivity index (χ1) is 3.80. The molecule has 1 atom stereocenters. The maximum Gasteiger partial charge on any atom is 0.335 e. The Bertz CT molecular complexity index is 99.8. The zero-order valence-electron chi connectivity index (χ0n) is 4.72. The summed E-state index contributed by atoms with van der Waals surface area (Å²) in [5.74, 6) is -0.253. The summed E-state index contributed by atoms with van der Waals surface area (Å²) in [4.78, 5) is 10.4. The summed E-state index contributed by atoms with van der Waals surface area (Å²) < 4.78 is 9.54. The quantitative estimate of drug-likeness (QED) is 0.416. The van der Waals surface area contributed by atoms with Crippen LogP contribution in [0.4, 0.5) is 0 Å². The van der Waals surface area contributed by atoms with Crippen LogP contribution in [-0.4, -0.2) is 25.3 Å². The van der Waals surface area contributed by atoms with Gasteiger partial charge in [-0.05, 0) is 6.92 Å². The zero-order chi connectivity index (χ0) is 5.98. The second-order valence-corrected chi connectivity index (χ2v) is 1.68. The van der Waals surface area contributed by atoms with Crippen LogP contribution in [0.2, 0.25) is 0 Å². The van der Waals surface area contributed by atoms with E-state index in [9.17, 15) is 4.79 Å². The Morgan fingerprint density at radius 1 is 1.62 bits per heavy atom. The van der Waals surface area contributed by atoms with Gasteiger partial charge in [-0.25, -0.2) is 4.79 Å². The third-order valence-corrected chi connectivity index (χ3v) is 1.03. The second-order valence-electron chi connectivity index (χ2n) is 1.68. The number of cyclic esters (lactones) is 1. The van der Waals surface area contributed by atoms with Crippen molar-refractivity contribution in [3.63, 3.8) is 0 Å². The van der Waals surface area contributed by atoms with Crippen molar-refractivity contribution in [1.29, 1.82) is 0 Å². The number of hydrogen-bond acceptors (Lipinski definition) is 3. The fourth-order valence-corrected chi connectivity index (χ4v) is 0.553. The molecule has 1 fully saturated rings. The van der Waals surface area contributed by atoms with Crippen LogP contribution < -0.4 is 0 Å². The van der Waals surface area contributed by atoms with Gasteiger partial charge < -0.3 is 9.47 Å². The Morgan fingerprint density at radius 3 is 2.75 bits per heavy atom. The predicted octanol–water partition coefficient (Wildman–Crippen LogP) is -0.0517. The van der Waals surface area contributed by atoms with Gasteiger partial charge in [0.05, 0.1) is 6.61 Å². The normalized spacial score (nSPS) is 29.6. The van der Waals surface area contributed by atoms with E-state index in [0.29, 0.717) is 13.2 Å². The molecule has 0 amide bonds. The molecular weight excluding hydrogens is 108 g/mol. The molecule has 0 bridgehead atoms. The van der Waals surface area contributed by atoms with Gasteiger partial charge in [0.25, 0.3) is 0 Å². The fraction of sp³-hybridized carbons (Fsp3) is 0.800. The molecule has 3 heteroatoms. The van der Waals surface area contributed by atoms with E-state index in [0.717, 1.165) is 0 Å². The van der Waals surface area contributed by atoms with E-state index in [-0.39, 0.29) is 12.1 Å². The predicted molar refractivity (Wildman–Crippen MR) is 26.4 cm³/mol. The molecule has 0 spiro atoms. The minimum absolute atomic E-state index is 0.253. The van der Waals surface area contributed by atoms with Crippen molar-refractivity contribution in [2.75, 3.05) is 13.2 Å². The molecule has 8 heavy (non-hydrogen) atoms. The molecule has 0 unspecified atom stereocenters. The number of rotatable bonds is 0. The van der Waals surface area contributed by atoms with Crippen LogP contribution >= 0.6 is 0 Å². The van der Waals surface area contributed by atoms with E-state index in [1.807, 2.05) is 0 Å². The topological polar surface area (TPSA) is 35.5 Å². The van der Waals surface area contributed by atoms with Crippen molar-refractivity contribution in [3.8, 4) is 0 Å². The van der Waals surface area contributed by atoms with Gasteiger partial charge >= 0.3 is 5.97 Å². The van der Waals surface area contributed by atoms with Crippen LogP contribution in [-0.2, 0) is 14.3 Å². The van der Waals surface area contributed by atoms with Gasteiger partial charge in [0.2, 0.25) is 0 Å². The van der Waals surface area contributed by atoms with Crippen LogP contribution in [0, 0.1) is 0 Å². The zero-order valence-corrected chi connectivity index (χ0v) is 4.72. The van der Waals surface area contributed by atoms with Crippen molar-refractivity contribution in [3.05, 3.63) is 0 Å². The molecule has 1 rings (SSSR count). The fourth-order valence-electron chi connectivity index (χ4n) is 0.553. The largest absolute Gasteiger partial charge is 0.461 e. The van der Waals surface area contributed by atoms with Crippen molar-refractivity contribution < 1.29 is 14.3 Å². The smallest absolute Gasteiger partial charge is 0.335 e. The first kappa shape index (κ1) is 5.56. The Balaban J connectivity index is 2.39. The maximum atomic E-state index is 10.4. The summed E-state index contributed by atoms with van der Waals surface area (Å²) in [5, 5.41) is 0. The molecule has 1 heterocycles. The van der Waals surface area contributed by atoms with E-state index >= 15 is 0 Å². The van der Waals surface area contributed by atoms with Crippen LogP contribution in [0.15, 0.2) is 0 Å². The molecule has 0 radical (unpaired) electrons. The molecule has 1 aliphatic heterocycles. The number of ether oxygens (including phenoxy) is 2. The van der Waals surface area contributed by atoms with Crippen LogP contribution in [0.1, 0.15) is 6.92 Å². The Hall–Kier alpha value is -0.570. The molecular formula is C5H8O3. The van der Waals surface area contributed by atoms with Crippen molar-refractivity contribution in [1.82, 2.24) is 0 Å². The summed E-state index contributed by atoms with van der Waals surface area (Å²) in [6.45, 7) is 2.62. The van der Waals surface area contributed by atoms with Crippen LogP contribution in [0.5, 0.6) is 0 Å². The molecule has 46 valence electrons. The maximum absolute atomic E-state index is 10.4. The lowest BCUT2D eigenvalue weighted by Crippen LogP contribution is -2.31. The lowest BCUT2D eigenvalue weighted by molar-refractivity contribution is -0.169. The molecule has 0 aliphatic carbocycles. The Morgan fingerprint density at radius 2 is 2.38 bits per heavy atom. The van der Waals surface area contributed by atoms with Crippen LogP contribution in [0.3, 0.4) is 0 Å². The summed E-state index contributed by atoms with van der Waals surface area (Å²) in [5.41, 5.74) is 0. The van der Waals surface area contributed by atoms with Gasteiger partial charge in [-0.15, -0.1) is 0 Å². The van der Waals surface area contributed by atoms with Crippen molar-refractivity contribution in [2.24, 2.45) is 0 Å². The molecule has 0 N–H and O–H groups in total. The highest BCUT2D eigenvalue weighted by atomic mass is 16.6. The monoisotopic (exact) mass is 116 g/mol. The minimum Gasteiger partial charge on any atom is -0.461 e. The Kier molecular flexibility index (Phi) is 1.48. The number of carbonyl (C=O) groups excluding carboxylic acids is 1. The lowest BCUT2D eigenvalue weighted by atomic mass is 10.4. The van der Waals surface area contributed by atoms with E-state index in [1.54, 1.807) is 6.92 Å². The van der Waals surface area contributed by atoms with Crippen molar-refractivity contribution >= 4 is 5.97 Å². The van der Waals surface area contributed by atoms with Gasteiger partial charge in [0, 0.05) is 0 Å². The first-order valence-electron chi connectivity index (χ1n) is 2.59. The molecule has 1 saturated heterocycles. The van der Waals surface area contributed by atoms with Crippen molar-refractivity contribution in [2.45, 2.75) is 13.0 Å². The number of carbonyl (C=O) groups is 1. The molecule has 0 aromatic rings. The average molecular weight is 116 g/mol. The Labute approximate surface area is 47.6 Å². The highest BCUT2D eigenvalue weighted by molar-refractivity contribution is 5.74. The van der Waals surface area contributed by atoms with E-state index in [4.69, 9.17) is 4.74 Å². The van der Waals surface area contributed by atoms with Gasteiger partial charge in [-0.2, -0.15) is 0 Å². The van der Waals surface area contributed by atoms with E-state index in [1.165, 1.54) is 0 Å². The third-order valence-electron chi connectivity index (χ3n) is 1.03. The summed E-state index contributed by atoms with van der Waals surface area (Å²) in [7, 11) is 0. The van der Waals surface area contributed by atoms with Gasteiger partial charge in [-0.1, -0.05) is 0 Å². The molecule has 1 aliphatic rings. The average Bonchev–Trinajstić information content (AvgIpc) is 1.77. The molecule has 0 saturated carbocycles. The second kappa shape index (κ2) is 2.13. The van der Waals surface area contributed by atoms with Gasteiger partial charge in [0.1, 0.15) is 6.61 Å². The molecule has 0 aromatic carbocycles. The summed E-state index contributed by atoms with van der Waals surface area (Å²) in [6.07, 6.45) is -0.358. The SMILES string of the molecule is C[C@@H]1OCCOC1=O. The highest BCUT2D eigenvalue weighted by Crippen LogP contribution is 1.99. The summed E-state index contributed by atoms with van der Waals surface area (Å²) in [6, 6.07) is 0. The van der Waals surface area contributed by atoms with Gasteiger partial charge in [-0.3, -0.25) is 0 Å². The summed E-state index contributed by atoms with van der Waals surface area (Å²) >= 11 is 0.